The molecule has 1 saturated heterocycles. The van der Waals surface area contributed by atoms with Gasteiger partial charge in [-0.3, -0.25) is 10.2 Å². The smallest absolute Gasteiger partial charge is 0.417 e. The number of carbonyl (C=O) groups is 2. The number of nitrogens with one attached hydrogen (secondary N) is 1. The zero-order valence-corrected chi connectivity index (χ0v) is 37.7. The fraction of sp³-hybridized carbons (Fsp3) is 0.571. The van der Waals surface area contributed by atoms with Crippen molar-refractivity contribution in [2.75, 3.05) is 59.1 Å². The Labute approximate surface area is 377 Å². The average molecular weight is 890 g/mol. The Hall–Kier alpha value is -5.09. The first-order valence-electron chi connectivity index (χ1n) is 22.9. The molecule has 4 aliphatic rings. The molecule has 0 aromatic heterocycles. The number of hydrogen-bond acceptors (Lipinski definition) is 13. The number of methoxy groups -OCH3 is 2. The minimum atomic E-state index is -1.47. The summed E-state index contributed by atoms with van der Waals surface area (Å²) in [5, 5.41) is 27.6. The number of ether oxygens (including phenoxy) is 7. The van der Waals surface area contributed by atoms with Gasteiger partial charge in [-0.2, -0.15) is 0 Å². The number of oxime groups is 1. The molecule has 0 radical (unpaired) electrons. The van der Waals surface area contributed by atoms with Crippen molar-refractivity contribution in [2.24, 2.45) is 22.9 Å². The van der Waals surface area contributed by atoms with E-state index in [-0.39, 0.29) is 56.4 Å². The predicted molar refractivity (Wildman–Crippen MR) is 242 cm³/mol. The topological polar surface area (TPSA) is 176 Å². The molecule has 15 heteroatoms. The third kappa shape index (κ3) is 11.2. The van der Waals surface area contributed by atoms with Gasteiger partial charge in [0.25, 0.3) is 0 Å². The van der Waals surface area contributed by atoms with Gasteiger partial charge in [-0.25, -0.2) is 9.59 Å². The first-order chi connectivity index (χ1) is 31.2. The molecule has 64 heavy (non-hydrogen) atoms. The Morgan fingerprint density at radius 2 is 1.80 bits per heavy atom. The minimum Gasteiger partial charge on any atom is -0.497 e. The van der Waals surface area contributed by atoms with Crippen molar-refractivity contribution in [1.29, 1.82) is 0 Å². The fourth-order valence-corrected chi connectivity index (χ4v) is 9.70. The molecule has 350 valence electrons. The molecule has 1 saturated carbocycles. The first kappa shape index (κ1) is 48.4. The number of fused-ring (bicyclic) bond motifs is 2. The SMILES string of the molecule is C=CCCOC(=O)N(CCC)C1CC(=NOC2CCCCO2)C2=CC(CCCCO)C(CCCCO)C3c4cc(OC(=O)Nc5ccc(OC)cc5OC)ccc4OC1(OCC=C)C23. The summed E-state index contributed by atoms with van der Waals surface area (Å²) in [5.41, 5.74) is 2.73. The number of benzene rings is 2. The van der Waals surface area contributed by atoms with Crippen LogP contribution in [0.5, 0.6) is 23.0 Å². The zero-order chi connectivity index (χ0) is 45.5. The second kappa shape index (κ2) is 23.7. The van der Waals surface area contributed by atoms with Crippen LogP contribution in [-0.2, 0) is 19.0 Å². The van der Waals surface area contributed by atoms with E-state index in [0.29, 0.717) is 73.9 Å². The summed E-state index contributed by atoms with van der Waals surface area (Å²) < 4.78 is 43.0. The molecule has 2 aliphatic carbocycles. The van der Waals surface area contributed by atoms with Gasteiger partial charge >= 0.3 is 12.2 Å². The second-order valence-corrected chi connectivity index (χ2v) is 16.6. The molecule has 0 spiro atoms. The van der Waals surface area contributed by atoms with Crippen LogP contribution in [0.4, 0.5) is 15.3 Å². The Bertz CT molecular complexity index is 1950. The summed E-state index contributed by atoms with van der Waals surface area (Å²) in [6.45, 7) is 11.1. The molecule has 2 amide bonds. The van der Waals surface area contributed by atoms with Gasteiger partial charge in [0.15, 0.2) is 0 Å². The highest BCUT2D eigenvalue weighted by atomic mass is 16.8. The molecule has 7 atom stereocenters. The van der Waals surface area contributed by atoms with E-state index >= 15 is 0 Å². The number of nitrogens with zero attached hydrogens (tertiary/aromatic N) is 2. The maximum Gasteiger partial charge on any atom is 0.417 e. The van der Waals surface area contributed by atoms with E-state index in [9.17, 15) is 19.8 Å². The summed E-state index contributed by atoms with van der Waals surface area (Å²) in [5.74, 6) is -0.634. The van der Waals surface area contributed by atoms with Crippen LogP contribution in [-0.4, -0.2) is 105 Å². The van der Waals surface area contributed by atoms with Gasteiger partial charge in [0.1, 0.15) is 29.0 Å². The number of aliphatic hydroxyl groups excluding tert-OH is 2. The summed E-state index contributed by atoms with van der Waals surface area (Å²) in [7, 11) is 3.05. The predicted octanol–water partition coefficient (Wildman–Crippen LogP) is 8.90. The summed E-state index contributed by atoms with van der Waals surface area (Å²) in [4.78, 5) is 35.8. The number of unbranched alkanes of at least 4 members (excludes halogenated alkanes) is 2. The van der Waals surface area contributed by atoms with Crippen LogP contribution in [0.1, 0.15) is 95.5 Å². The molecule has 2 fully saturated rings. The van der Waals surface area contributed by atoms with Gasteiger partial charge in [0.2, 0.25) is 12.1 Å². The minimum absolute atomic E-state index is 0.00301. The van der Waals surface area contributed by atoms with Crippen molar-refractivity contribution in [3.63, 3.8) is 0 Å². The van der Waals surface area contributed by atoms with Crippen LogP contribution in [0.15, 0.2) is 78.5 Å². The lowest BCUT2D eigenvalue weighted by Crippen LogP contribution is -2.70. The Kier molecular flexibility index (Phi) is 17.9. The third-order valence-corrected chi connectivity index (χ3v) is 12.5. The van der Waals surface area contributed by atoms with Gasteiger partial charge in [0.05, 0.1) is 51.4 Å². The molecule has 2 aromatic rings. The van der Waals surface area contributed by atoms with Crippen molar-refractivity contribution >= 4 is 23.6 Å². The number of amides is 2. The van der Waals surface area contributed by atoms with Crippen LogP contribution in [0, 0.1) is 17.8 Å². The van der Waals surface area contributed by atoms with Crippen molar-refractivity contribution in [2.45, 2.75) is 108 Å². The van der Waals surface area contributed by atoms with Gasteiger partial charge in [-0.05, 0) is 99.1 Å². The molecular formula is C49H67N3O12. The lowest BCUT2D eigenvalue weighted by molar-refractivity contribution is -0.255. The van der Waals surface area contributed by atoms with Crippen molar-refractivity contribution in [1.82, 2.24) is 4.90 Å². The molecule has 3 N–H and O–H groups in total. The molecule has 2 heterocycles. The van der Waals surface area contributed by atoms with Crippen LogP contribution in [0.2, 0.25) is 0 Å². The van der Waals surface area contributed by atoms with E-state index in [1.807, 2.05) is 13.0 Å². The normalized spacial score (nSPS) is 25.1. The molecule has 2 aliphatic heterocycles. The number of hydrogen-bond donors (Lipinski definition) is 3. The average Bonchev–Trinajstić information content (AvgIpc) is 3.31. The van der Waals surface area contributed by atoms with Crippen molar-refractivity contribution < 1.29 is 57.8 Å². The van der Waals surface area contributed by atoms with E-state index in [1.165, 1.54) is 7.11 Å². The van der Waals surface area contributed by atoms with Crippen LogP contribution in [0.3, 0.4) is 0 Å². The van der Waals surface area contributed by atoms with Gasteiger partial charge in [-0.1, -0.05) is 43.1 Å². The lowest BCUT2D eigenvalue weighted by atomic mass is 9.55. The fourth-order valence-electron chi connectivity index (χ4n) is 9.70. The number of anilines is 1. The number of aliphatic hydroxyl groups is 2. The number of carbonyl (C=O) groups excluding carboxylic acids is 2. The van der Waals surface area contributed by atoms with Crippen LogP contribution in [0.25, 0.3) is 0 Å². The molecule has 0 bridgehead atoms. The van der Waals surface area contributed by atoms with Crippen LogP contribution < -0.4 is 24.3 Å². The maximum atomic E-state index is 14.3. The van der Waals surface area contributed by atoms with E-state index in [4.69, 9.17) is 43.2 Å². The molecular weight excluding hydrogens is 823 g/mol. The van der Waals surface area contributed by atoms with E-state index in [2.05, 4.69) is 24.6 Å². The van der Waals surface area contributed by atoms with E-state index in [0.717, 1.165) is 49.7 Å². The Morgan fingerprint density at radius 1 is 1.00 bits per heavy atom. The van der Waals surface area contributed by atoms with Crippen molar-refractivity contribution in [3.8, 4) is 23.0 Å². The van der Waals surface area contributed by atoms with Crippen molar-refractivity contribution in [3.05, 3.63) is 78.9 Å². The third-order valence-electron chi connectivity index (χ3n) is 12.5. The van der Waals surface area contributed by atoms with E-state index in [1.54, 1.807) is 54.5 Å². The van der Waals surface area contributed by atoms with E-state index < -0.39 is 36.2 Å². The molecule has 15 nitrogen and oxygen atoms in total. The quantitative estimate of drug-likeness (QED) is 0.0550. The standard InChI is InChI=1S/C49H67N3O12/c1-6-9-27-60-48(56)52(23-7-2)43-32-40(51-64-44-18-12-15-28-59-44)37-29-33(16-10-13-24-53)36(17-11-14-25-54)45-38-30-35(20-22-41(38)63-49(43,46(37)45)61-26-8-3)62-47(55)50-39-21-19-34(57-4)31-42(39)58-5/h6,8,19-22,29-31,33,36,43-46,53-54H,1,3,7,9-18,23-28,32H2,2,4-5H3,(H,50,55). The largest absolute Gasteiger partial charge is 0.497 e. The lowest BCUT2D eigenvalue weighted by Gasteiger charge is -2.59. The first-order valence-corrected chi connectivity index (χ1v) is 22.9. The summed E-state index contributed by atoms with van der Waals surface area (Å²) >= 11 is 0. The second-order valence-electron chi connectivity index (χ2n) is 16.6. The summed E-state index contributed by atoms with van der Waals surface area (Å²) in [6, 6.07) is 9.63. The highest BCUT2D eigenvalue weighted by Crippen LogP contribution is 2.62. The summed E-state index contributed by atoms with van der Waals surface area (Å²) in [6.07, 6.45) is 12.1. The molecule has 6 rings (SSSR count). The Morgan fingerprint density at radius 3 is 2.50 bits per heavy atom. The van der Waals surface area contributed by atoms with Gasteiger partial charge in [0, 0.05) is 50.1 Å². The monoisotopic (exact) mass is 889 g/mol. The maximum absolute atomic E-state index is 14.3. The highest BCUT2D eigenvalue weighted by molar-refractivity contribution is 6.03. The Balaban J connectivity index is 1.52. The molecule has 7 unspecified atom stereocenters. The van der Waals surface area contributed by atoms with Gasteiger partial charge in [-0.15, -0.1) is 13.2 Å². The number of allylic oxidation sites excluding steroid dienone is 1. The number of rotatable bonds is 23. The molecule has 2 aromatic carbocycles. The zero-order valence-electron chi connectivity index (χ0n) is 37.7. The van der Waals surface area contributed by atoms with Gasteiger partial charge < -0.3 is 48.2 Å². The van der Waals surface area contributed by atoms with Crippen LogP contribution >= 0.6 is 0 Å². The highest BCUT2D eigenvalue weighted by Gasteiger charge is 2.65.